The third kappa shape index (κ3) is 4.46. The van der Waals surface area contributed by atoms with E-state index in [1.165, 1.54) is 25.3 Å². The lowest BCUT2D eigenvalue weighted by atomic mass is 10.1. The first-order valence-corrected chi connectivity index (χ1v) is 8.76. The minimum absolute atomic E-state index is 0.110. The van der Waals surface area contributed by atoms with Gasteiger partial charge in [0.2, 0.25) is 0 Å². The van der Waals surface area contributed by atoms with Crippen LogP contribution in [0.15, 0.2) is 51.8 Å². The maximum Gasteiger partial charge on any atom is 0.307 e. The summed E-state index contributed by atoms with van der Waals surface area (Å²) in [7, 11) is -2.56. The fraction of sp³-hybridized carbons (Fsp3) is 0.133. The van der Waals surface area contributed by atoms with Gasteiger partial charge in [-0.15, -0.1) is 0 Å². The maximum absolute atomic E-state index is 12.6. The molecular weight excluding hydrogens is 386 g/mol. The molecule has 0 atom stereocenters. The van der Waals surface area contributed by atoms with Gasteiger partial charge in [-0.2, -0.15) is 0 Å². The van der Waals surface area contributed by atoms with E-state index in [1.54, 1.807) is 24.3 Å². The van der Waals surface area contributed by atoms with Gasteiger partial charge < -0.3 is 9.84 Å². The van der Waals surface area contributed by atoms with Gasteiger partial charge in [-0.1, -0.05) is 22.0 Å². The van der Waals surface area contributed by atoms with E-state index in [0.29, 0.717) is 11.3 Å². The van der Waals surface area contributed by atoms with Gasteiger partial charge in [0.05, 0.1) is 13.5 Å². The van der Waals surface area contributed by atoms with Crippen molar-refractivity contribution in [1.29, 1.82) is 0 Å². The highest BCUT2D eigenvalue weighted by atomic mass is 79.9. The Hall–Kier alpha value is -2.06. The molecule has 0 spiro atoms. The fourth-order valence-corrected chi connectivity index (χ4v) is 3.49. The zero-order valence-electron chi connectivity index (χ0n) is 12.1. The number of nitrogens with one attached hydrogen (secondary N) is 1. The topological polar surface area (TPSA) is 92.7 Å². The molecule has 0 bridgehead atoms. The molecule has 0 amide bonds. The Morgan fingerprint density at radius 1 is 1.22 bits per heavy atom. The largest absolute Gasteiger partial charge is 0.495 e. The standard InChI is InChI=1S/C15H14BrNO5S/c1-22-13-7-2-10(9-15(18)19)8-14(13)23(20,21)17-12-5-3-11(16)4-6-12/h2-8,17H,9H2,1H3,(H,18,19). The van der Waals surface area contributed by atoms with E-state index in [1.807, 2.05) is 0 Å². The molecule has 2 aromatic rings. The highest BCUT2D eigenvalue weighted by molar-refractivity contribution is 9.10. The van der Waals surface area contributed by atoms with Crippen LogP contribution in [0.2, 0.25) is 0 Å². The number of aliphatic carboxylic acids is 1. The second-order valence-electron chi connectivity index (χ2n) is 4.67. The van der Waals surface area contributed by atoms with E-state index in [9.17, 15) is 13.2 Å². The number of carboxylic acids is 1. The van der Waals surface area contributed by atoms with Crippen LogP contribution in [0, 0.1) is 0 Å². The molecule has 0 aromatic heterocycles. The number of rotatable bonds is 6. The predicted molar refractivity (Wildman–Crippen MR) is 89.3 cm³/mol. The number of hydrogen-bond acceptors (Lipinski definition) is 4. The monoisotopic (exact) mass is 399 g/mol. The molecule has 0 saturated heterocycles. The second-order valence-corrected chi connectivity index (χ2v) is 7.23. The third-order valence-corrected chi connectivity index (χ3v) is 4.90. The summed E-state index contributed by atoms with van der Waals surface area (Å²) in [5.41, 5.74) is 0.758. The van der Waals surface area contributed by atoms with Crippen molar-refractivity contribution >= 4 is 37.6 Å². The highest BCUT2D eigenvalue weighted by Gasteiger charge is 2.21. The SMILES string of the molecule is COc1ccc(CC(=O)O)cc1S(=O)(=O)Nc1ccc(Br)cc1. The molecule has 2 rings (SSSR count). The van der Waals surface area contributed by atoms with Crippen LogP contribution < -0.4 is 9.46 Å². The fourth-order valence-electron chi connectivity index (χ4n) is 1.94. The molecule has 122 valence electrons. The molecule has 0 saturated carbocycles. The number of halogens is 1. The number of carboxylic acid groups (broad SMARTS) is 1. The zero-order chi connectivity index (χ0) is 17.0. The number of ether oxygens (including phenoxy) is 1. The number of methoxy groups -OCH3 is 1. The summed E-state index contributed by atoms with van der Waals surface area (Å²) >= 11 is 3.27. The Bertz CT molecular complexity index is 818. The molecule has 0 fully saturated rings. The van der Waals surface area contributed by atoms with Crippen LogP contribution in [-0.2, 0) is 21.2 Å². The van der Waals surface area contributed by atoms with Gasteiger partial charge in [-0.3, -0.25) is 9.52 Å². The smallest absolute Gasteiger partial charge is 0.307 e. The van der Waals surface area contributed by atoms with Crippen molar-refractivity contribution < 1.29 is 23.1 Å². The summed E-state index contributed by atoms with van der Waals surface area (Å²) in [6.07, 6.45) is -0.273. The molecule has 0 aliphatic carbocycles. The van der Waals surface area contributed by atoms with Gasteiger partial charge in [0.1, 0.15) is 10.6 Å². The van der Waals surface area contributed by atoms with Gasteiger partial charge in [0, 0.05) is 10.2 Å². The van der Waals surface area contributed by atoms with Crippen molar-refractivity contribution in [2.75, 3.05) is 11.8 Å². The van der Waals surface area contributed by atoms with Crippen LogP contribution in [0.4, 0.5) is 5.69 Å². The number of benzene rings is 2. The van der Waals surface area contributed by atoms with Crippen molar-refractivity contribution in [3.8, 4) is 5.75 Å². The number of carbonyl (C=O) groups is 1. The lowest BCUT2D eigenvalue weighted by Crippen LogP contribution is -2.15. The number of anilines is 1. The molecule has 0 aliphatic heterocycles. The lowest BCUT2D eigenvalue weighted by molar-refractivity contribution is -0.136. The van der Waals surface area contributed by atoms with Crippen molar-refractivity contribution in [3.05, 3.63) is 52.5 Å². The van der Waals surface area contributed by atoms with Crippen LogP contribution in [0.25, 0.3) is 0 Å². The first kappa shape index (κ1) is 17.3. The summed E-state index contributed by atoms with van der Waals surface area (Å²) in [5.74, 6) is -0.900. The lowest BCUT2D eigenvalue weighted by Gasteiger charge is -2.13. The zero-order valence-corrected chi connectivity index (χ0v) is 14.5. The Labute approximate surface area is 142 Å². The van der Waals surface area contributed by atoms with E-state index < -0.39 is 16.0 Å². The van der Waals surface area contributed by atoms with Crippen LogP contribution in [0.1, 0.15) is 5.56 Å². The van der Waals surface area contributed by atoms with E-state index in [0.717, 1.165) is 4.47 Å². The average Bonchev–Trinajstić information content (AvgIpc) is 2.49. The van der Waals surface area contributed by atoms with E-state index in [-0.39, 0.29) is 17.1 Å². The van der Waals surface area contributed by atoms with Crippen LogP contribution in [-0.4, -0.2) is 26.6 Å². The first-order valence-electron chi connectivity index (χ1n) is 6.49. The highest BCUT2D eigenvalue weighted by Crippen LogP contribution is 2.27. The summed E-state index contributed by atoms with van der Waals surface area (Å²) in [5, 5.41) is 8.85. The minimum Gasteiger partial charge on any atom is -0.495 e. The second kappa shape index (κ2) is 7.01. The number of hydrogen-bond donors (Lipinski definition) is 2. The Balaban J connectivity index is 2.40. The van der Waals surface area contributed by atoms with Gasteiger partial charge in [-0.25, -0.2) is 8.42 Å². The van der Waals surface area contributed by atoms with Crippen molar-refractivity contribution in [1.82, 2.24) is 0 Å². The molecule has 8 heteroatoms. The van der Waals surface area contributed by atoms with Gasteiger partial charge in [0.25, 0.3) is 10.0 Å². The van der Waals surface area contributed by atoms with E-state index in [4.69, 9.17) is 9.84 Å². The van der Waals surface area contributed by atoms with Crippen molar-refractivity contribution in [3.63, 3.8) is 0 Å². The van der Waals surface area contributed by atoms with Gasteiger partial charge in [-0.05, 0) is 42.0 Å². The molecular formula is C15H14BrNO5S. The van der Waals surface area contributed by atoms with Gasteiger partial charge >= 0.3 is 5.97 Å². The molecule has 23 heavy (non-hydrogen) atoms. The summed E-state index contributed by atoms with van der Waals surface area (Å²) in [6.45, 7) is 0. The van der Waals surface area contributed by atoms with Crippen LogP contribution >= 0.6 is 15.9 Å². The molecule has 0 aliphatic rings. The first-order chi connectivity index (χ1) is 10.8. The third-order valence-electron chi connectivity index (χ3n) is 2.97. The minimum atomic E-state index is -3.91. The molecule has 6 nitrogen and oxygen atoms in total. The maximum atomic E-state index is 12.6. The normalized spacial score (nSPS) is 11.0. The summed E-state index contributed by atoms with van der Waals surface area (Å²) in [4.78, 5) is 10.7. The molecule has 2 N–H and O–H groups in total. The Morgan fingerprint density at radius 2 is 1.87 bits per heavy atom. The Kier molecular flexibility index (Phi) is 5.27. The van der Waals surface area contributed by atoms with E-state index >= 15 is 0 Å². The van der Waals surface area contributed by atoms with Crippen LogP contribution in [0.3, 0.4) is 0 Å². The van der Waals surface area contributed by atoms with Crippen molar-refractivity contribution in [2.45, 2.75) is 11.3 Å². The number of sulfonamides is 1. The molecule has 2 aromatic carbocycles. The Morgan fingerprint density at radius 3 is 2.43 bits per heavy atom. The van der Waals surface area contributed by atoms with Gasteiger partial charge in [0.15, 0.2) is 0 Å². The predicted octanol–water partition coefficient (Wildman–Crippen LogP) is 2.89. The summed E-state index contributed by atoms with van der Waals surface area (Å²) < 4.78 is 33.4. The van der Waals surface area contributed by atoms with Crippen molar-refractivity contribution in [2.24, 2.45) is 0 Å². The molecule has 0 radical (unpaired) electrons. The van der Waals surface area contributed by atoms with E-state index in [2.05, 4.69) is 20.7 Å². The average molecular weight is 400 g/mol. The quantitative estimate of drug-likeness (QED) is 0.778. The summed E-state index contributed by atoms with van der Waals surface area (Å²) in [6, 6.07) is 10.9. The molecule has 0 heterocycles. The molecule has 0 unspecified atom stereocenters. The van der Waals surface area contributed by atoms with Crippen LogP contribution in [0.5, 0.6) is 5.75 Å².